The second-order valence-corrected chi connectivity index (χ2v) is 10.4. The van der Waals surface area contributed by atoms with Crippen molar-refractivity contribution in [2.24, 2.45) is 5.10 Å². The lowest BCUT2D eigenvalue weighted by Crippen LogP contribution is -2.18. The molecule has 0 fully saturated rings. The van der Waals surface area contributed by atoms with Gasteiger partial charge >= 0.3 is 0 Å². The van der Waals surface area contributed by atoms with Crippen LogP contribution in [0.2, 0.25) is 5.02 Å². The van der Waals surface area contributed by atoms with Gasteiger partial charge in [0.1, 0.15) is 18.1 Å². The summed E-state index contributed by atoms with van der Waals surface area (Å²) in [5.41, 5.74) is 5.64. The van der Waals surface area contributed by atoms with Gasteiger partial charge in [-0.3, -0.25) is 4.79 Å². The summed E-state index contributed by atoms with van der Waals surface area (Å²) in [5.74, 6) is 1.34. The van der Waals surface area contributed by atoms with E-state index in [0.717, 1.165) is 27.1 Å². The molecule has 0 saturated carbocycles. The van der Waals surface area contributed by atoms with Crippen molar-refractivity contribution < 1.29 is 14.3 Å². The smallest absolute Gasteiger partial charge is 0.240 e. The third-order valence-electron chi connectivity index (χ3n) is 5.24. The van der Waals surface area contributed by atoms with Crippen LogP contribution in [0, 0.1) is 0 Å². The van der Waals surface area contributed by atoms with Crippen LogP contribution in [0.1, 0.15) is 50.3 Å². The van der Waals surface area contributed by atoms with E-state index >= 15 is 0 Å². The van der Waals surface area contributed by atoms with Crippen LogP contribution in [-0.2, 0) is 16.8 Å². The summed E-state index contributed by atoms with van der Waals surface area (Å²) in [7, 11) is 0. The van der Waals surface area contributed by atoms with Gasteiger partial charge in [0, 0.05) is 17.0 Å². The Bertz CT molecular complexity index is 1160. The number of nitrogens with zero attached hydrogens (tertiary/aromatic N) is 1. The van der Waals surface area contributed by atoms with Crippen LogP contribution in [0.15, 0.2) is 76.3 Å². The van der Waals surface area contributed by atoms with Gasteiger partial charge in [-0.15, -0.1) is 0 Å². The van der Waals surface area contributed by atoms with Crippen molar-refractivity contribution in [3.63, 3.8) is 0 Å². The van der Waals surface area contributed by atoms with Gasteiger partial charge in [-0.2, -0.15) is 5.10 Å². The second-order valence-electron chi connectivity index (χ2n) is 9.09. The van der Waals surface area contributed by atoms with Gasteiger partial charge in [0.25, 0.3) is 0 Å². The van der Waals surface area contributed by atoms with Gasteiger partial charge in [-0.25, -0.2) is 5.43 Å². The maximum absolute atomic E-state index is 12.0. The first-order valence-electron chi connectivity index (χ1n) is 11.4. The summed E-state index contributed by atoms with van der Waals surface area (Å²) in [6, 6.07) is 21.1. The molecule has 0 unspecified atom stereocenters. The maximum Gasteiger partial charge on any atom is 0.240 e. The van der Waals surface area contributed by atoms with Crippen molar-refractivity contribution in [2.45, 2.75) is 45.6 Å². The zero-order chi connectivity index (χ0) is 25.3. The van der Waals surface area contributed by atoms with Crippen molar-refractivity contribution in [3.05, 3.63) is 92.9 Å². The Kier molecular flexibility index (Phi) is 9.75. The number of rotatable bonds is 10. The highest BCUT2D eigenvalue weighted by molar-refractivity contribution is 9.10. The number of hydrogen-bond donors (Lipinski definition) is 1. The van der Waals surface area contributed by atoms with Crippen molar-refractivity contribution in [3.8, 4) is 11.5 Å². The normalized spacial score (nSPS) is 11.5. The summed E-state index contributed by atoms with van der Waals surface area (Å²) in [5, 5.41) is 4.71. The summed E-state index contributed by atoms with van der Waals surface area (Å²) < 4.78 is 12.5. The number of hydrogen-bond acceptors (Lipinski definition) is 4. The number of halogens is 2. The van der Waals surface area contributed by atoms with Crippen LogP contribution in [-0.4, -0.2) is 18.7 Å². The molecule has 7 heteroatoms. The van der Waals surface area contributed by atoms with E-state index in [-0.39, 0.29) is 11.3 Å². The number of nitrogens with one attached hydrogen (secondary N) is 1. The van der Waals surface area contributed by atoms with Gasteiger partial charge in [0.2, 0.25) is 5.91 Å². The van der Waals surface area contributed by atoms with E-state index in [0.29, 0.717) is 31.1 Å². The Morgan fingerprint density at radius 1 is 1.06 bits per heavy atom. The van der Waals surface area contributed by atoms with Gasteiger partial charge < -0.3 is 9.47 Å². The summed E-state index contributed by atoms with van der Waals surface area (Å²) in [6.45, 7) is 7.35. The minimum absolute atomic E-state index is 0.0760. The lowest BCUT2D eigenvalue weighted by Gasteiger charge is -2.20. The van der Waals surface area contributed by atoms with E-state index in [1.165, 1.54) is 5.56 Å². The summed E-state index contributed by atoms with van der Waals surface area (Å²) in [4.78, 5) is 12.0. The molecule has 1 amide bonds. The number of hydrazone groups is 1. The number of amides is 1. The second kappa shape index (κ2) is 12.8. The average molecular weight is 558 g/mol. The van der Waals surface area contributed by atoms with Crippen molar-refractivity contribution in [1.82, 2.24) is 5.43 Å². The monoisotopic (exact) mass is 556 g/mol. The molecule has 184 valence electrons. The van der Waals surface area contributed by atoms with Crippen molar-refractivity contribution in [1.29, 1.82) is 0 Å². The van der Waals surface area contributed by atoms with Gasteiger partial charge in [-0.05, 0) is 81.4 Å². The number of carbonyl (C=O) groups excluding carboxylic acids is 1. The maximum atomic E-state index is 12.0. The topological polar surface area (TPSA) is 59.9 Å². The van der Waals surface area contributed by atoms with E-state index in [1.54, 1.807) is 6.21 Å². The molecular formula is C28H30BrClN2O3. The first-order chi connectivity index (χ1) is 16.7. The molecule has 0 bridgehead atoms. The lowest BCUT2D eigenvalue weighted by molar-refractivity contribution is -0.121. The van der Waals surface area contributed by atoms with E-state index in [4.69, 9.17) is 21.1 Å². The van der Waals surface area contributed by atoms with Crippen LogP contribution in [0.25, 0.3) is 0 Å². The Morgan fingerprint density at radius 3 is 2.49 bits per heavy atom. The fourth-order valence-corrected chi connectivity index (χ4v) is 3.84. The molecular weight excluding hydrogens is 528 g/mol. The highest BCUT2D eigenvalue weighted by Gasteiger charge is 2.15. The molecule has 0 radical (unpaired) electrons. The SMILES string of the molecule is CC(C)(C)c1ccc(OCCCC(=O)N/N=C/c2ccc(OCc3ccccc3Cl)cc2)c(Br)c1. The van der Waals surface area contributed by atoms with Crippen LogP contribution in [0.4, 0.5) is 0 Å². The summed E-state index contributed by atoms with van der Waals surface area (Å²) >= 11 is 9.72. The molecule has 0 saturated heterocycles. The zero-order valence-corrected chi connectivity index (χ0v) is 22.5. The fourth-order valence-electron chi connectivity index (χ4n) is 3.16. The minimum atomic E-state index is -0.160. The lowest BCUT2D eigenvalue weighted by atomic mass is 9.87. The van der Waals surface area contributed by atoms with Crippen molar-refractivity contribution >= 4 is 39.7 Å². The van der Waals surface area contributed by atoms with E-state index in [1.807, 2.05) is 54.6 Å². The highest BCUT2D eigenvalue weighted by Crippen LogP contribution is 2.31. The molecule has 0 heterocycles. The molecule has 0 atom stereocenters. The molecule has 35 heavy (non-hydrogen) atoms. The molecule has 0 aliphatic carbocycles. The zero-order valence-electron chi connectivity index (χ0n) is 20.2. The Balaban J connectivity index is 1.36. The Hall–Kier alpha value is -2.83. The standard InChI is InChI=1S/C28H30BrClN2O3/c1-28(2,3)22-12-15-26(24(29)17-22)34-16-6-9-27(33)32-31-18-20-10-13-23(14-11-20)35-19-21-7-4-5-8-25(21)30/h4-5,7-8,10-15,17-18H,6,9,16,19H2,1-3H3,(H,32,33)/b31-18+. The molecule has 3 rings (SSSR count). The molecule has 0 aliphatic heterocycles. The third kappa shape index (κ3) is 8.71. The van der Waals surface area contributed by atoms with E-state index in [9.17, 15) is 4.79 Å². The van der Waals surface area contributed by atoms with Crippen LogP contribution in [0.3, 0.4) is 0 Å². The Morgan fingerprint density at radius 2 is 1.80 bits per heavy atom. The van der Waals surface area contributed by atoms with Crippen molar-refractivity contribution in [2.75, 3.05) is 6.61 Å². The molecule has 0 aromatic heterocycles. The molecule has 3 aromatic carbocycles. The van der Waals surface area contributed by atoms with Gasteiger partial charge in [0.15, 0.2) is 0 Å². The first kappa shape index (κ1) is 26.8. The average Bonchev–Trinajstić information content (AvgIpc) is 2.82. The number of ether oxygens (including phenoxy) is 2. The molecule has 0 aliphatic rings. The van der Waals surface area contributed by atoms with Gasteiger partial charge in [-0.1, -0.05) is 56.6 Å². The molecule has 3 aromatic rings. The third-order valence-corrected chi connectivity index (χ3v) is 6.23. The summed E-state index contributed by atoms with van der Waals surface area (Å²) in [6.07, 6.45) is 2.51. The fraction of sp³-hybridized carbons (Fsp3) is 0.286. The van der Waals surface area contributed by atoms with Crippen LogP contribution < -0.4 is 14.9 Å². The van der Waals surface area contributed by atoms with Gasteiger partial charge in [0.05, 0.1) is 17.3 Å². The molecule has 5 nitrogen and oxygen atoms in total. The number of carbonyl (C=O) groups is 1. The van der Waals surface area contributed by atoms with E-state index < -0.39 is 0 Å². The predicted octanol–water partition coefficient (Wildman–Crippen LogP) is 7.29. The van der Waals surface area contributed by atoms with Crippen LogP contribution in [0.5, 0.6) is 11.5 Å². The Labute approximate surface area is 220 Å². The molecule has 0 spiro atoms. The minimum Gasteiger partial charge on any atom is -0.492 e. The number of benzene rings is 3. The van der Waals surface area contributed by atoms with Crippen LogP contribution >= 0.6 is 27.5 Å². The first-order valence-corrected chi connectivity index (χ1v) is 12.6. The highest BCUT2D eigenvalue weighted by atomic mass is 79.9. The predicted molar refractivity (Wildman–Crippen MR) is 146 cm³/mol. The quantitative estimate of drug-likeness (QED) is 0.162. The van der Waals surface area contributed by atoms with E-state index in [2.05, 4.69) is 59.4 Å². The molecule has 1 N–H and O–H groups in total. The largest absolute Gasteiger partial charge is 0.492 e.